The number of amides is 1. The Kier molecular flexibility index (Phi) is 5.38. The smallest absolute Gasteiger partial charge is 0.254 e. The second-order valence-corrected chi connectivity index (χ2v) is 4.71. The van der Waals surface area contributed by atoms with Crippen molar-refractivity contribution in [3.8, 4) is 0 Å². The molecule has 1 fully saturated rings. The zero-order chi connectivity index (χ0) is 12.4. The van der Waals surface area contributed by atoms with E-state index in [4.69, 9.17) is 17.3 Å². The van der Waals surface area contributed by atoms with E-state index in [0.717, 1.165) is 12.8 Å². The molecule has 100 valence electrons. The summed E-state index contributed by atoms with van der Waals surface area (Å²) in [5, 5.41) is 3.09. The highest BCUT2D eigenvalue weighted by atomic mass is 35.5. The Bertz CT molecular complexity index is 438. The minimum absolute atomic E-state index is 0. The Morgan fingerprint density at radius 3 is 2.78 bits per heavy atom. The van der Waals surface area contributed by atoms with Gasteiger partial charge in [-0.3, -0.25) is 4.79 Å². The molecule has 1 aromatic rings. The maximum absolute atomic E-state index is 13.4. The summed E-state index contributed by atoms with van der Waals surface area (Å²) < 4.78 is 13.4. The highest BCUT2D eigenvalue weighted by molar-refractivity contribution is 6.31. The van der Waals surface area contributed by atoms with E-state index in [9.17, 15) is 9.18 Å². The van der Waals surface area contributed by atoms with Gasteiger partial charge in [-0.05, 0) is 37.0 Å². The van der Waals surface area contributed by atoms with Crippen molar-refractivity contribution < 1.29 is 9.18 Å². The first-order valence-electron chi connectivity index (χ1n) is 5.58. The van der Waals surface area contributed by atoms with Crippen LogP contribution in [0.5, 0.6) is 0 Å². The Balaban J connectivity index is 0.00000162. The summed E-state index contributed by atoms with van der Waals surface area (Å²) in [6, 6.07) is 3.86. The van der Waals surface area contributed by atoms with Crippen LogP contribution in [0.1, 0.15) is 23.2 Å². The second kappa shape index (κ2) is 6.36. The van der Waals surface area contributed by atoms with Crippen molar-refractivity contribution >= 4 is 29.9 Å². The molecule has 1 aliphatic carbocycles. The van der Waals surface area contributed by atoms with Gasteiger partial charge in [-0.1, -0.05) is 11.6 Å². The molecule has 6 heteroatoms. The van der Waals surface area contributed by atoms with E-state index in [-0.39, 0.29) is 24.0 Å². The van der Waals surface area contributed by atoms with Gasteiger partial charge in [0.05, 0.1) is 5.56 Å². The molecule has 1 aromatic carbocycles. The fourth-order valence-electron chi connectivity index (χ4n) is 1.79. The van der Waals surface area contributed by atoms with E-state index >= 15 is 0 Å². The van der Waals surface area contributed by atoms with Crippen LogP contribution in [-0.4, -0.2) is 18.5 Å². The third-order valence-electron chi connectivity index (χ3n) is 2.93. The third kappa shape index (κ3) is 3.57. The highest BCUT2D eigenvalue weighted by Crippen LogP contribution is 2.32. The van der Waals surface area contributed by atoms with Crippen molar-refractivity contribution in [2.75, 3.05) is 6.54 Å². The van der Waals surface area contributed by atoms with E-state index in [2.05, 4.69) is 5.32 Å². The summed E-state index contributed by atoms with van der Waals surface area (Å²) in [6.45, 7) is 0.374. The molecule has 0 radical (unpaired) electrons. The molecule has 3 N–H and O–H groups in total. The van der Waals surface area contributed by atoms with Crippen LogP contribution < -0.4 is 11.1 Å². The fourth-order valence-corrected chi connectivity index (χ4v) is 1.96. The monoisotopic (exact) mass is 292 g/mol. The molecule has 1 aliphatic rings. The lowest BCUT2D eigenvalue weighted by Crippen LogP contribution is -2.42. The van der Waals surface area contributed by atoms with E-state index < -0.39 is 11.7 Å². The molecule has 18 heavy (non-hydrogen) atoms. The molecule has 0 bridgehead atoms. The summed E-state index contributed by atoms with van der Waals surface area (Å²) in [4.78, 5) is 11.9. The summed E-state index contributed by atoms with van der Waals surface area (Å²) >= 11 is 5.73. The molecular formula is C12H15Cl2FN2O. The van der Waals surface area contributed by atoms with Gasteiger partial charge >= 0.3 is 0 Å². The number of carbonyl (C=O) groups is 1. The van der Waals surface area contributed by atoms with Crippen molar-refractivity contribution in [3.05, 3.63) is 34.6 Å². The van der Waals surface area contributed by atoms with Gasteiger partial charge in [0, 0.05) is 17.6 Å². The quantitative estimate of drug-likeness (QED) is 0.895. The summed E-state index contributed by atoms with van der Waals surface area (Å²) in [5.74, 6) is -0.586. The largest absolute Gasteiger partial charge is 0.348 e. The van der Waals surface area contributed by atoms with Crippen molar-refractivity contribution in [2.45, 2.75) is 18.9 Å². The lowest BCUT2D eigenvalue weighted by atomic mass is 10.1. The minimum atomic E-state index is -0.571. The molecule has 1 amide bonds. The predicted octanol–water partition coefficient (Wildman–Crippen LogP) is 2.37. The maximum atomic E-state index is 13.4. The van der Waals surface area contributed by atoms with Gasteiger partial charge in [-0.15, -0.1) is 12.4 Å². The molecule has 3 nitrogen and oxygen atoms in total. The number of rotatable bonds is 4. The standard InChI is InChI=1S/C12H14ClFN2O.ClH/c13-8-3-4-10(14)9(5-8)12(17)16-11(6-15)7-1-2-7;/h3-5,7,11H,1-2,6,15H2,(H,16,17);1H. The van der Waals surface area contributed by atoms with Crippen LogP contribution in [0.25, 0.3) is 0 Å². The van der Waals surface area contributed by atoms with Gasteiger partial charge in [-0.25, -0.2) is 4.39 Å². The second-order valence-electron chi connectivity index (χ2n) is 4.28. The molecule has 0 saturated heterocycles. The lowest BCUT2D eigenvalue weighted by molar-refractivity contribution is 0.0929. The molecule has 0 aliphatic heterocycles. The minimum Gasteiger partial charge on any atom is -0.348 e. The van der Waals surface area contributed by atoms with Gasteiger partial charge in [0.1, 0.15) is 5.82 Å². The van der Waals surface area contributed by atoms with Crippen molar-refractivity contribution in [1.82, 2.24) is 5.32 Å². The van der Waals surface area contributed by atoms with E-state index in [1.807, 2.05) is 0 Å². The normalized spacial score (nSPS) is 15.7. The average Bonchev–Trinajstić information content (AvgIpc) is 3.13. The van der Waals surface area contributed by atoms with Crippen molar-refractivity contribution in [2.24, 2.45) is 11.7 Å². The summed E-state index contributed by atoms with van der Waals surface area (Å²) in [6.07, 6.45) is 2.14. The predicted molar refractivity (Wildman–Crippen MR) is 71.7 cm³/mol. The number of hydrogen-bond acceptors (Lipinski definition) is 2. The van der Waals surface area contributed by atoms with Crippen LogP contribution in [0, 0.1) is 11.7 Å². The molecule has 0 aromatic heterocycles. The van der Waals surface area contributed by atoms with Gasteiger partial charge in [0.2, 0.25) is 0 Å². The van der Waals surface area contributed by atoms with E-state index in [0.29, 0.717) is 17.5 Å². The molecule has 1 saturated carbocycles. The zero-order valence-corrected chi connectivity index (χ0v) is 11.2. The van der Waals surface area contributed by atoms with Crippen LogP contribution in [0.15, 0.2) is 18.2 Å². The summed E-state index contributed by atoms with van der Waals surface area (Å²) in [7, 11) is 0. The zero-order valence-electron chi connectivity index (χ0n) is 9.66. The van der Waals surface area contributed by atoms with Crippen molar-refractivity contribution in [3.63, 3.8) is 0 Å². The van der Waals surface area contributed by atoms with Crippen LogP contribution in [-0.2, 0) is 0 Å². The Morgan fingerprint density at radius 2 is 2.22 bits per heavy atom. The van der Waals surface area contributed by atoms with Crippen LogP contribution in [0.3, 0.4) is 0 Å². The molecule has 0 spiro atoms. The fraction of sp³-hybridized carbons (Fsp3) is 0.417. The van der Waals surface area contributed by atoms with Crippen LogP contribution in [0.4, 0.5) is 4.39 Å². The van der Waals surface area contributed by atoms with Crippen LogP contribution in [0.2, 0.25) is 5.02 Å². The Morgan fingerprint density at radius 1 is 1.56 bits per heavy atom. The highest BCUT2D eigenvalue weighted by Gasteiger charge is 2.31. The van der Waals surface area contributed by atoms with E-state index in [1.54, 1.807) is 0 Å². The molecular weight excluding hydrogens is 278 g/mol. The number of nitrogens with one attached hydrogen (secondary N) is 1. The average molecular weight is 293 g/mol. The van der Waals surface area contributed by atoms with Gasteiger partial charge < -0.3 is 11.1 Å². The first-order chi connectivity index (χ1) is 8.11. The first-order valence-corrected chi connectivity index (χ1v) is 5.95. The maximum Gasteiger partial charge on any atom is 0.254 e. The third-order valence-corrected chi connectivity index (χ3v) is 3.17. The molecule has 1 atom stereocenters. The molecule has 0 heterocycles. The Hall–Kier alpha value is -0.840. The molecule has 2 rings (SSSR count). The van der Waals surface area contributed by atoms with Crippen LogP contribution >= 0.6 is 24.0 Å². The number of nitrogens with two attached hydrogens (primary N) is 1. The SMILES string of the molecule is Cl.NCC(NC(=O)c1cc(Cl)ccc1F)C1CC1. The number of benzene rings is 1. The lowest BCUT2D eigenvalue weighted by Gasteiger charge is -2.16. The summed E-state index contributed by atoms with van der Waals surface area (Å²) in [5.41, 5.74) is 5.54. The topological polar surface area (TPSA) is 55.1 Å². The van der Waals surface area contributed by atoms with Gasteiger partial charge in [-0.2, -0.15) is 0 Å². The Labute approximate surface area is 116 Å². The van der Waals surface area contributed by atoms with E-state index in [1.165, 1.54) is 18.2 Å². The first kappa shape index (κ1) is 15.2. The molecule has 1 unspecified atom stereocenters. The van der Waals surface area contributed by atoms with Crippen molar-refractivity contribution in [1.29, 1.82) is 0 Å². The van der Waals surface area contributed by atoms with Gasteiger partial charge in [0.15, 0.2) is 0 Å². The number of halogens is 3. The van der Waals surface area contributed by atoms with Gasteiger partial charge in [0.25, 0.3) is 5.91 Å². The number of hydrogen-bond donors (Lipinski definition) is 2. The number of carbonyl (C=O) groups excluding carboxylic acids is 1.